The zero-order valence-corrected chi connectivity index (χ0v) is 18.1. The summed E-state index contributed by atoms with van der Waals surface area (Å²) in [6.45, 7) is 1.44. The van der Waals surface area contributed by atoms with E-state index < -0.39 is 18.2 Å². The van der Waals surface area contributed by atoms with Crippen LogP contribution in [0, 0.1) is 0 Å². The van der Waals surface area contributed by atoms with Crippen molar-refractivity contribution in [3.05, 3.63) is 41.6 Å². The number of rotatable bonds is 7. The minimum Gasteiger partial charge on any atom is -0.461 e. The molecule has 1 aliphatic rings. The van der Waals surface area contributed by atoms with Crippen molar-refractivity contribution >= 4 is 51.5 Å². The van der Waals surface area contributed by atoms with E-state index in [0.29, 0.717) is 5.57 Å². The third kappa shape index (κ3) is 4.25. The lowest BCUT2D eigenvalue weighted by molar-refractivity contribution is -0.165. The molecule has 6 nitrogen and oxygen atoms in total. The van der Waals surface area contributed by atoms with Crippen LogP contribution in [0.1, 0.15) is 31.7 Å². The number of aliphatic hydroxyl groups excluding tert-OH is 1. The second kappa shape index (κ2) is 8.65. The SMILES string of the molecule is CCCC(I)C(=O)OCC1(CO)C/C(=C\c2cccc3ccn(C)c23)C(=O)O1. The maximum atomic E-state index is 12.4. The number of hydrogen-bond acceptors (Lipinski definition) is 5. The van der Waals surface area contributed by atoms with E-state index in [-0.39, 0.29) is 22.9 Å². The van der Waals surface area contributed by atoms with Crippen molar-refractivity contribution < 1.29 is 24.2 Å². The lowest BCUT2D eigenvalue weighted by Crippen LogP contribution is -2.40. The predicted molar refractivity (Wildman–Crippen MR) is 115 cm³/mol. The van der Waals surface area contributed by atoms with E-state index in [1.54, 1.807) is 6.08 Å². The Morgan fingerprint density at radius 3 is 2.96 bits per heavy atom. The van der Waals surface area contributed by atoms with E-state index in [9.17, 15) is 14.7 Å². The Morgan fingerprint density at radius 2 is 2.25 bits per heavy atom. The zero-order chi connectivity index (χ0) is 20.3. The molecule has 2 atom stereocenters. The monoisotopic (exact) mass is 497 g/mol. The number of fused-ring (bicyclic) bond motifs is 1. The minimum atomic E-state index is -1.22. The molecule has 0 saturated carbocycles. The predicted octanol–water partition coefficient (Wildman–Crippen LogP) is 3.39. The number of aromatic nitrogens is 1. The number of carbonyl (C=O) groups excluding carboxylic acids is 2. The van der Waals surface area contributed by atoms with E-state index in [0.717, 1.165) is 29.3 Å². The van der Waals surface area contributed by atoms with E-state index in [1.807, 2.05) is 71.6 Å². The number of aryl methyl sites for hydroxylation is 1. The van der Waals surface area contributed by atoms with Crippen molar-refractivity contribution in [2.75, 3.05) is 13.2 Å². The third-order valence-electron chi connectivity index (χ3n) is 4.91. The van der Waals surface area contributed by atoms with Crippen molar-refractivity contribution in [1.82, 2.24) is 4.57 Å². The lowest BCUT2D eigenvalue weighted by Gasteiger charge is -2.24. The first kappa shape index (κ1) is 20.9. The van der Waals surface area contributed by atoms with Crippen molar-refractivity contribution in [2.24, 2.45) is 7.05 Å². The Kier molecular flexibility index (Phi) is 6.44. The summed E-state index contributed by atoms with van der Waals surface area (Å²) in [5.41, 5.74) is 1.16. The maximum absolute atomic E-state index is 12.4. The molecule has 1 saturated heterocycles. The lowest BCUT2D eigenvalue weighted by atomic mass is 9.97. The van der Waals surface area contributed by atoms with Gasteiger partial charge in [0, 0.05) is 30.6 Å². The van der Waals surface area contributed by atoms with Crippen LogP contribution in [0.4, 0.5) is 0 Å². The fraction of sp³-hybridized carbons (Fsp3) is 0.429. The van der Waals surface area contributed by atoms with Gasteiger partial charge in [-0.2, -0.15) is 0 Å². The number of cyclic esters (lactones) is 1. The van der Waals surface area contributed by atoms with Gasteiger partial charge in [-0.05, 0) is 24.1 Å². The van der Waals surface area contributed by atoms with Crippen molar-refractivity contribution in [3.63, 3.8) is 0 Å². The topological polar surface area (TPSA) is 77.8 Å². The summed E-state index contributed by atoms with van der Waals surface area (Å²) < 4.78 is 12.5. The number of para-hydroxylation sites is 1. The first-order valence-corrected chi connectivity index (χ1v) is 10.5. The molecule has 1 aliphatic heterocycles. The van der Waals surface area contributed by atoms with Crippen LogP contribution in [0.2, 0.25) is 0 Å². The Labute approximate surface area is 177 Å². The van der Waals surface area contributed by atoms with Crippen molar-refractivity contribution in [1.29, 1.82) is 0 Å². The van der Waals surface area contributed by atoms with Crippen LogP contribution in [0.25, 0.3) is 17.0 Å². The fourth-order valence-electron chi connectivity index (χ4n) is 3.40. The second-order valence-electron chi connectivity index (χ2n) is 7.15. The van der Waals surface area contributed by atoms with Gasteiger partial charge < -0.3 is 19.1 Å². The van der Waals surface area contributed by atoms with Gasteiger partial charge in [-0.1, -0.05) is 54.1 Å². The minimum absolute atomic E-state index is 0.150. The molecule has 0 spiro atoms. The summed E-state index contributed by atoms with van der Waals surface area (Å²) >= 11 is 2.05. The number of halogens is 1. The van der Waals surface area contributed by atoms with Gasteiger partial charge in [-0.3, -0.25) is 4.79 Å². The number of esters is 2. The molecule has 1 N–H and O–H groups in total. The number of carbonyl (C=O) groups is 2. The first-order valence-electron chi connectivity index (χ1n) is 9.28. The normalized spacial score (nSPS) is 21.9. The van der Waals surface area contributed by atoms with Gasteiger partial charge in [-0.25, -0.2) is 4.79 Å². The fourth-order valence-corrected chi connectivity index (χ4v) is 4.20. The summed E-state index contributed by atoms with van der Waals surface area (Å²) in [7, 11) is 1.95. The van der Waals surface area contributed by atoms with Gasteiger partial charge in [-0.15, -0.1) is 0 Å². The summed E-state index contributed by atoms with van der Waals surface area (Å²) in [5.74, 6) is -0.840. The molecule has 28 heavy (non-hydrogen) atoms. The number of hydrogen-bond donors (Lipinski definition) is 1. The second-order valence-corrected chi connectivity index (χ2v) is 8.66. The zero-order valence-electron chi connectivity index (χ0n) is 16.0. The van der Waals surface area contributed by atoms with Crippen LogP contribution >= 0.6 is 22.6 Å². The van der Waals surface area contributed by atoms with Crippen LogP contribution < -0.4 is 0 Å². The standard InChI is InChI=1S/C21H24INO5/c1-3-5-17(22)20(26)27-13-21(12-24)11-16(19(25)28-21)10-15-7-4-6-14-8-9-23(2)18(14)15/h4,6-10,17,24H,3,5,11-13H2,1-2H3/b16-10+. The highest BCUT2D eigenvalue weighted by Gasteiger charge is 2.44. The van der Waals surface area contributed by atoms with Crippen molar-refractivity contribution in [2.45, 2.75) is 35.7 Å². The molecule has 0 aliphatic carbocycles. The van der Waals surface area contributed by atoms with Crippen LogP contribution in [0.3, 0.4) is 0 Å². The Hall–Kier alpha value is -1.87. The van der Waals surface area contributed by atoms with Crippen LogP contribution in [0.15, 0.2) is 36.0 Å². The molecule has 0 amide bonds. The van der Waals surface area contributed by atoms with Crippen LogP contribution in [-0.2, 0) is 26.1 Å². The van der Waals surface area contributed by atoms with E-state index in [1.165, 1.54) is 0 Å². The molecule has 2 aromatic rings. The Balaban J connectivity index is 1.80. The van der Waals surface area contributed by atoms with Crippen LogP contribution in [0.5, 0.6) is 0 Å². The summed E-state index contributed by atoms with van der Waals surface area (Å²) in [6, 6.07) is 7.90. The maximum Gasteiger partial charge on any atom is 0.334 e. The van der Waals surface area contributed by atoms with Gasteiger partial charge in [0.2, 0.25) is 0 Å². The molecule has 1 aromatic heterocycles. The molecular formula is C21H24INO5. The molecule has 1 aromatic carbocycles. The highest BCUT2D eigenvalue weighted by atomic mass is 127. The molecular weight excluding hydrogens is 473 g/mol. The van der Waals surface area contributed by atoms with E-state index in [4.69, 9.17) is 9.47 Å². The molecule has 2 heterocycles. The third-order valence-corrected chi connectivity index (χ3v) is 6.04. The molecule has 1 fully saturated rings. The summed E-state index contributed by atoms with van der Waals surface area (Å²) in [6.07, 6.45) is 5.55. The van der Waals surface area contributed by atoms with E-state index >= 15 is 0 Å². The van der Waals surface area contributed by atoms with Crippen LogP contribution in [-0.4, -0.2) is 44.4 Å². The number of benzene rings is 1. The summed E-state index contributed by atoms with van der Waals surface area (Å²) in [4.78, 5) is 24.5. The largest absolute Gasteiger partial charge is 0.461 e. The average Bonchev–Trinajstić information content (AvgIpc) is 3.21. The number of aliphatic hydroxyl groups is 1. The summed E-state index contributed by atoms with van der Waals surface area (Å²) in [5, 5.41) is 10.9. The van der Waals surface area contributed by atoms with Gasteiger partial charge >= 0.3 is 11.9 Å². The van der Waals surface area contributed by atoms with Gasteiger partial charge in [0.25, 0.3) is 0 Å². The highest BCUT2D eigenvalue weighted by molar-refractivity contribution is 14.1. The van der Waals surface area contributed by atoms with E-state index in [2.05, 4.69) is 0 Å². The number of nitrogens with zero attached hydrogens (tertiary/aromatic N) is 1. The number of ether oxygens (including phenoxy) is 2. The Morgan fingerprint density at radius 1 is 1.46 bits per heavy atom. The molecule has 150 valence electrons. The average molecular weight is 497 g/mol. The number of alkyl halides is 1. The van der Waals surface area contributed by atoms with Gasteiger partial charge in [0.1, 0.15) is 10.5 Å². The quantitative estimate of drug-likeness (QED) is 0.275. The highest BCUT2D eigenvalue weighted by Crippen LogP contribution is 2.33. The smallest absolute Gasteiger partial charge is 0.334 e. The van der Waals surface area contributed by atoms with Gasteiger partial charge in [0.15, 0.2) is 5.60 Å². The van der Waals surface area contributed by atoms with Gasteiger partial charge in [0.05, 0.1) is 12.1 Å². The molecule has 7 heteroatoms. The molecule has 2 unspecified atom stereocenters. The van der Waals surface area contributed by atoms with Crippen molar-refractivity contribution in [3.8, 4) is 0 Å². The molecule has 3 rings (SSSR count). The molecule has 0 radical (unpaired) electrons. The first-order chi connectivity index (χ1) is 13.4. The Bertz CT molecular complexity index is 919. The molecule has 0 bridgehead atoms.